The maximum Gasteiger partial charge on any atom is 0.308 e. The standard InChI is InChI=1S/C27H30ClFN2O4S/c1-35-20-3-4-25-23(15-20)22(6-8-30-25)26(32)5-2-17-7-9-31(16-24(17)27(33)34)10-11-36-21-13-18(28)12-19(29)14-21/h3-4,6,8,12-15,17,24,26,32H,2,5,7,9-11,16H2,1H3,(H,33,34)/t17-,24+,26+/m1/s1. The fourth-order valence-electron chi connectivity index (χ4n) is 4.89. The number of hydrogen-bond donors (Lipinski definition) is 2. The third-order valence-electron chi connectivity index (χ3n) is 6.82. The van der Waals surface area contributed by atoms with Gasteiger partial charge in [-0.05, 0) is 79.8 Å². The van der Waals surface area contributed by atoms with Crippen LogP contribution in [0.3, 0.4) is 0 Å². The number of carboxylic acid groups (broad SMARTS) is 1. The largest absolute Gasteiger partial charge is 0.497 e. The number of pyridine rings is 1. The Morgan fingerprint density at radius 1 is 1.31 bits per heavy atom. The maximum absolute atomic E-state index is 13.5. The molecular formula is C27H30ClFN2O4S. The zero-order valence-corrected chi connectivity index (χ0v) is 21.6. The summed E-state index contributed by atoms with van der Waals surface area (Å²) < 4.78 is 18.9. The van der Waals surface area contributed by atoms with Crippen LogP contribution in [-0.2, 0) is 4.79 Å². The average molecular weight is 533 g/mol. The number of methoxy groups -OCH3 is 1. The quantitative estimate of drug-likeness (QED) is 0.326. The molecule has 3 aromatic rings. The molecule has 1 saturated heterocycles. The Hall–Kier alpha value is -2.39. The summed E-state index contributed by atoms with van der Waals surface area (Å²) in [6.07, 6.45) is 2.81. The number of piperidine rings is 1. The van der Waals surface area contributed by atoms with Crippen molar-refractivity contribution in [2.24, 2.45) is 11.8 Å². The number of fused-ring (bicyclic) bond motifs is 1. The molecule has 6 nitrogen and oxygen atoms in total. The van der Waals surface area contributed by atoms with Gasteiger partial charge in [0.1, 0.15) is 11.6 Å². The minimum Gasteiger partial charge on any atom is -0.497 e. The number of aliphatic carboxylic acids is 1. The topological polar surface area (TPSA) is 82.9 Å². The number of thioether (sulfide) groups is 1. The van der Waals surface area contributed by atoms with Crippen LogP contribution in [-0.4, -0.2) is 58.6 Å². The maximum atomic E-state index is 13.5. The van der Waals surface area contributed by atoms with E-state index in [2.05, 4.69) is 9.88 Å². The van der Waals surface area contributed by atoms with Gasteiger partial charge in [0.25, 0.3) is 0 Å². The molecule has 1 fully saturated rings. The predicted octanol–water partition coefficient (Wildman–Crippen LogP) is 5.66. The lowest BCUT2D eigenvalue weighted by Crippen LogP contribution is -2.44. The van der Waals surface area contributed by atoms with Gasteiger partial charge in [0, 0.05) is 40.3 Å². The number of hydrogen-bond acceptors (Lipinski definition) is 6. The molecule has 1 aromatic heterocycles. The van der Waals surface area contributed by atoms with Crippen molar-refractivity contribution in [1.29, 1.82) is 0 Å². The Morgan fingerprint density at radius 2 is 2.14 bits per heavy atom. The van der Waals surface area contributed by atoms with Gasteiger partial charge in [-0.2, -0.15) is 0 Å². The number of aromatic nitrogens is 1. The Balaban J connectivity index is 1.33. The first-order valence-electron chi connectivity index (χ1n) is 12.0. The number of carboxylic acids is 1. The minimum atomic E-state index is -0.803. The second-order valence-corrected chi connectivity index (χ2v) is 10.7. The average Bonchev–Trinajstić information content (AvgIpc) is 2.86. The first-order valence-corrected chi connectivity index (χ1v) is 13.3. The van der Waals surface area contributed by atoms with E-state index in [1.165, 1.54) is 23.9 Å². The molecule has 9 heteroatoms. The number of rotatable bonds is 10. The molecule has 2 N–H and O–H groups in total. The smallest absolute Gasteiger partial charge is 0.308 e. The number of ether oxygens (including phenoxy) is 1. The lowest BCUT2D eigenvalue weighted by Gasteiger charge is -2.37. The van der Waals surface area contributed by atoms with Crippen LogP contribution in [0.1, 0.15) is 30.9 Å². The molecule has 2 heterocycles. The van der Waals surface area contributed by atoms with Crippen LogP contribution in [0, 0.1) is 17.7 Å². The normalized spacial score (nSPS) is 19.3. The van der Waals surface area contributed by atoms with Crippen molar-refractivity contribution < 1.29 is 24.1 Å². The van der Waals surface area contributed by atoms with Crippen LogP contribution in [0.5, 0.6) is 5.75 Å². The van der Waals surface area contributed by atoms with Gasteiger partial charge in [-0.25, -0.2) is 4.39 Å². The van der Waals surface area contributed by atoms with Crippen molar-refractivity contribution in [2.45, 2.75) is 30.3 Å². The zero-order chi connectivity index (χ0) is 25.7. The lowest BCUT2D eigenvalue weighted by molar-refractivity contribution is -0.146. The summed E-state index contributed by atoms with van der Waals surface area (Å²) in [6.45, 7) is 1.98. The van der Waals surface area contributed by atoms with E-state index in [4.69, 9.17) is 16.3 Å². The molecule has 0 radical (unpaired) electrons. The molecule has 1 aliphatic rings. The van der Waals surface area contributed by atoms with E-state index in [1.54, 1.807) is 19.4 Å². The molecule has 0 spiro atoms. The summed E-state index contributed by atoms with van der Waals surface area (Å²) >= 11 is 7.43. The van der Waals surface area contributed by atoms with Gasteiger partial charge >= 0.3 is 5.97 Å². The van der Waals surface area contributed by atoms with Crippen LogP contribution >= 0.6 is 23.4 Å². The Kier molecular flexibility index (Phi) is 9.06. The Bertz CT molecular complexity index is 1190. The second-order valence-electron chi connectivity index (χ2n) is 9.12. The monoisotopic (exact) mass is 532 g/mol. The third-order valence-corrected chi connectivity index (χ3v) is 8.00. The van der Waals surface area contributed by atoms with Gasteiger partial charge in [-0.1, -0.05) is 11.6 Å². The van der Waals surface area contributed by atoms with Crippen LogP contribution in [0.15, 0.2) is 53.6 Å². The minimum absolute atomic E-state index is 0.00860. The predicted molar refractivity (Wildman–Crippen MR) is 140 cm³/mol. The van der Waals surface area contributed by atoms with Gasteiger partial charge < -0.3 is 19.8 Å². The van der Waals surface area contributed by atoms with Crippen molar-refractivity contribution in [3.63, 3.8) is 0 Å². The van der Waals surface area contributed by atoms with Gasteiger partial charge in [0.05, 0.1) is 24.6 Å². The Labute approximate surface area is 219 Å². The molecule has 0 aliphatic carbocycles. The van der Waals surface area contributed by atoms with Gasteiger partial charge in [-0.15, -0.1) is 11.8 Å². The highest BCUT2D eigenvalue weighted by molar-refractivity contribution is 7.99. The van der Waals surface area contributed by atoms with E-state index < -0.39 is 18.0 Å². The molecule has 0 saturated carbocycles. The molecular weight excluding hydrogens is 503 g/mol. The molecule has 3 atom stereocenters. The fourth-order valence-corrected chi connectivity index (χ4v) is 6.17. The van der Waals surface area contributed by atoms with Crippen LogP contribution < -0.4 is 4.74 Å². The molecule has 0 unspecified atom stereocenters. The summed E-state index contributed by atoms with van der Waals surface area (Å²) in [7, 11) is 1.60. The molecule has 2 aromatic carbocycles. The SMILES string of the molecule is COc1ccc2nccc([C@@H](O)CC[C@@H]3CCN(CCSc4cc(F)cc(Cl)c4)C[C@@H]3C(=O)O)c2c1. The van der Waals surface area contributed by atoms with Gasteiger partial charge in [-0.3, -0.25) is 9.78 Å². The van der Waals surface area contributed by atoms with Crippen LogP contribution in [0.25, 0.3) is 10.9 Å². The highest BCUT2D eigenvalue weighted by Gasteiger charge is 2.34. The molecule has 4 rings (SSSR count). The van der Waals surface area contributed by atoms with E-state index >= 15 is 0 Å². The summed E-state index contributed by atoms with van der Waals surface area (Å²) in [5, 5.41) is 22.1. The van der Waals surface area contributed by atoms with E-state index in [0.717, 1.165) is 34.3 Å². The fraction of sp³-hybridized carbons (Fsp3) is 0.407. The number of benzene rings is 2. The van der Waals surface area contributed by atoms with Crippen molar-refractivity contribution in [3.8, 4) is 5.75 Å². The number of nitrogens with zero attached hydrogens (tertiary/aromatic N) is 2. The summed E-state index contributed by atoms with van der Waals surface area (Å²) in [4.78, 5) is 19.4. The van der Waals surface area contributed by atoms with Crippen molar-refractivity contribution in [3.05, 3.63) is 65.1 Å². The number of halogens is 2. The van der Waals surface area contributed by atoms with E-state index in [-0.39, 0.29) is 11.7 Å². The first kappa shape index (κ1) is 26.7. The summed E-state index contributed by atoms with van der Waals surface area (Å²) in [5.41, 5.74) is 1.56. The van der Waals surface area contributed by atoms with Crippen LogP contribution in [0.4, 0.5) is 4.39 Å². The summed E-state index contributed by atoms with van der Waals surface area (Å²) in [6, 6.07) is 11.8. The molecule has 0 amide bonds. The van der Waals surface area contributed by atoms with Gasteiger partial charge in [0.15, 0.2) is 0 Å². The molecule has 192 valence electrons. The summed E-state index contributed by atoms with van der Waals surface area (Å²) in [5.74, 6) is -0.255. The number of aliphatic hydroxyl groups excluding tert-OH is 1. The number of likely N-dealkylation sites (tertiary alicyclic amines) is 1. The first-order chi connectivity index (χ1) is 17.3. The number of aliphatic hydroxyl groups is 1. The molecule has 36 heavy (non-hydrogen) atoms. The van der Waals surface area contributed by atoms with Crippen LogP contribution in [0.2, 0.25) is 5.02 Å². The van der Waals surface area contributed by atoms with Crippen molar-refractivity contribution >= 4 is 40.2 Å². The number of carbonyl (C=O) groups is 1. The Morgan fingerprint density at radius 3 is 2.89 bits per heavy atom. The third kappa shape index (κ3) is 6.68. The zero-order valence-electron chi connectivity index (χ0n) is 20.1. The van der Waals surface area contributed by atoms with E-state index in [0.29, 0.717) is 42.5 Å². The van der Waals surface area contributed by atoms with Crippen molar-refractivity contribution in [1.82, 2.24) is 9.88 Å². The van der Waals surface area contributed by atoms with E-state index in [9.17, 15) is 19.4 Å². The highest BCUT2D eigenvalue weighted by atomic mass is 35.5. The lowest BCUT2D eigenvalue weighted by atomic mass is 9.81. The van der Waals surface area contributed by atoms with Crippen molar-refractivity contribution in [2.75, 3.05) is 32.5 Å². The van der Waals surface area contributed by atoms with E-state index in [1.807, 2.05) is 24.3 Å². The molecule has 0 bridgehead atoms. The van der Waals surface area contributed by atoms with Gasteiger partial charge in [0.2, 0.25) is 0 Å². The highest BCUT2D eigenvalue weighted by Crippen LogP contribution is 2.34. The molecule has 1 aliphatic heterocycles. The second kappa shape index (κ2) is 12.2.